The third-order valence-electron chi connectivity index (χ3n) is 4.43. The Kier molecular flexibility index (Phi) is 5.83. The highest BCUT2D eigenvalue weighted by Crippen LogP contribution is 2.23. The van der Waals surface area contributed by atoms with E-state index < -0.39 is 17.7 Å². The van der Waals surface area contributed by atoms with Gasteiger partial charge in [-0.3, -0.25) is 4.79 Å². The Morgan fingerprint density at radius 3 is 2.59 bits per heavy atom. The van der Waals surface area contributed by atoms with Crippen molar-refractivity contribution in [2.45, 2.75) is 45.5 Å². The maximum absolute atomic E-state index is 14.0. The first kappa shape index (κ1) is 20.7. The number of hydrogen-bond acceptors (Lipinski definition) is 5. The summed E-state index contributed by atoms with van der Waals surface area (Å²) in [5, 5.41) is 20.1. The summed E-state index contributed by atoms with van der Waals surface area (Å²) in [7, 11) is 0. The number of aromatic nitrogens is 3. The van der Waals surface area contributed by atoms with Crippen molar-refractivity contribution in [2.24, 2.45) is 0 Å². The molecule has 29 heavy (non-hydrogen) atoms. The van der Waals surface area contributed by atoms with Crippen LogP contribution >= 0.6 is 0 Å². The summed E-state index contributed by atoms with van der Waals surface area (Å²) in [5.74, 6) is -0.0189. The normalized spacial score (nSPS) is 12.9. The number of alkyl halides is 1. The molecule has 3 N–H and O–H groups in total. The Hall–Kier alpha value is -3.00. The minimum atomic E-state index is -1.60. The van der Waals surface area contributed by atoms with Gasteiger partial charge >= 0.3 is 0 Å². The quantitative estimate of drug-likeness (QED) is 0.568. The molecule has 8 heteroatoms. The third-order valence-corrected chi connectivity index (χ3v) is 4.43. The van der Waals surface area contributed by atoms with Crippen molar-refractivity contribution in [3.05, 3.63) is 48.2 Å². The van der Waals surface area contributed by atoms with Crippen LogP contribution in [-0.2, 0) is 0 Å². The lowest BCUT2D eigenvalue weighted by atomic mass is 10.0. The number of carbonyl (C=O) groups is 1. The van der Waals surface area contributed by atoms with Gasteiger partial charge in [-0.15, -0.1) is 0 Å². The van der Waals surface area contributed by atoms with Crippen molar-refractivity contribution in [3.63, 3.8) is 0 Å². The van der Waals surface area contributed by atoms with Crippen LogP contribution in [0.2, 0.25) is 0 Å². The Bertz CT molecular complexity index is 995. The average molecular weight is 399 g/mol. The van der Waals surface area contributed by atoms with Crippen molar-refractivity contribution < 1.29 is 14.3 Å². The van der Waals surface area contributed by atoms with Gasteiger partial charge in [-0.1, -0.05) is 30.3 Å². The molecule has 0 aliphatic rings. The number of carbonyl (C=O) groups excluding carboxylic acids is 1. The van der Waals surface area contributed by atoms with Gasteiger partial charge in [-0.2, -0.15) is 9.61 Å². The second-order valence-electron chi connectivity index (χ2n) is 7.82. The zero-order chi connectivity index (χ0) is 21.2. The largest absolute Gasteiger partial charge is 0.387 e. The molecule has 0 fully saturated rings. The topological polar surface area (TPSA) is 91.5 Å². The number of aliphatic hydroxyl groups is 1. The standard InChI is InChI=1S/C21H26FN5O2/c1-13(2)25-19-15(20(28)24-12-17(22)21(3,4)29)11-23-18-10-16(26-27(18)19)14-8-6-5-7-9-14/h5-11,13,17,25,29H,12H2,1-4H3,(H,24,28)/t17-/m1/s1. The molecule has 0 saturated heterocycles. The molecule has 3 rings (SSSR count). The highest BCUT2D eigenvalue weighted by molar-refractivity contribution is 5.99. The predicted octanol–water partition coefficient (Wildman–Crippen LogP) is 3.06. The summed E-state index contributed by atoms with van der Waals surface area (Å²) >= 11 is 0. The first-order valence-corrected chi connectivity index (χ1v) is 9.52. The Labute approximate surface area is 169 Å². The van der Waals surface area contributed by atoms with Crippen molar-refractivity contribution in [1.29, 1.82) is 0 Å². The average Bonchev–Trinajstić information content (AvgIpc) is 3.10. The molecular weight excluding hydrogens is 373 g/mol. The molecule has 0 aliphatic heterocycles. The van der Waals surface area contributed by atoms with E-state index in [1.165, 1.54) is 20.0 Å². The van der Waals surface area contributed by atoms with E-state index in [4.69, 9.17) is 0 Å². The molecule has 1 atom stereocenters. The van der Waals surface area contributed by atoms with Crippen LogP contribution in [0, 0.1) is 0 Å². The number of anilines is 1. The third kappa shape index (κ3) is 4.71. The van der Waals surface area contributed by atoms with E-state index in [9.17, 15) is 14.3 Å². The van der Waals surface area contributed by atoms with E-state index in [2.05, 4.69) is 20.7 Å². The van der Waals surface area contributed by atoms with E-state index in [-0.39, 0.29) is 18.2 Å². The minimum absolute atomic E-state index is 0.0295. The first-order valence-electron chi connectivity index (χ1n) is 9.52. The minimum Gasteiger partial charge on any atom is -0.387 e. The summed E-state index contributed by atoms with van der Waals surface area (Å²) < 4.78 is 15.6. The Balaban J connectivity index is 1.97. The van der Waals surface area contributed by atoms with E-state index in [0.29, 0.717) is 11.5 Å². The molecule has 0 aliphatic carbocycles. The smallest absolute Gasteiger partial charge is 0.256 e. The lowest BCUT2D eigenvalue weighted by molar-refractivity contribution is -0.00177. The summed E-state index contributed by atoms with van der Waals surface area (Å²) in [6.07, 6.45) is -0.151. The lowest BCUT2D eigenvalue weighted by Gasteiger charge is -2.22. The van der Waals surface area contributed by atoms with Gasteiger partial charge in [-0.05, 0) is 27.7 Å². The van der Waals surface area contributed by atoms with E-state index in [1.54, 1.807) is 4.52 Å². The second-order valence-corrected chi connectivity index (χ2v) is 7.82. The van der Waals surface area contributed by atoms with Crippen LogP contribution in [0.25, 0.3) is 16.9 Å². The summed E-state index contributed by atoms with van der Waals surface area (Å²) in [6, 6.07) is 11.5. The van der Waals surface area contributed by atoms with Gasteiger partial charge in [0.1, 0.15) is 17.6 Å². The number of halogens is 1. The van der Waals surface area contributed by atoms with Crippen LogP contribution in [0.15, 0.2) is 42.6 Å². The summed E-state index contributed by atoms with van der Waals surface area (Å²) in [4.78, 5) is 17.1. The number of benzene rings is 1. The molecule has 2 heterocycles. The van der Waals surface area contributed by atoms with Gasteiger partial charge in [-0.25, -0.2) is 9.37 Å². The molecule has 0 unspecified atom stereocenters. The SMILES string of the molecule is CC(C)Nc1c(C(=O)NC[C@@H](F)C(C)(C)O)cnc2cc(-c3ccccc3)nn12. The van der Waals surface area contributed by atoms with Crippen LogP contribution in [-0.4, -0.2) is 50.0 Å². The van der Waals surface area contributed by atoms with E-state index >= 15 is 0 Å². The van der Waals surface area contributed by atoms with Crippen molar-refractivity contribution in [3.8, 4) is 11.3 Å². The van der Waals surface area contributed by atoms with Gasteiger partial charge in [0.05, 0.1) is 17.8 Å². The molecule has 0 bridgehead atoms. The van der Waals surface area contributed by atoms with Crippen molar-refractivity contribution >= 4 is 17.4 Å². The van der Waals surface area contributed by atoms with Gasteiger partial charge in [0.15, 0.2) is 5.65 Å². The Morgan fingerprint density at radius 2 is 1.97 bits per heavy atom. The first-order chi connectivity index (χ1) is 13.7. The van der Waals surface area contributed by atoms with E-state index in [0.717, 1.165) is 11.3 Å². The number of amides is 1. The highest BCUT2D eigenvalue weighted by Gasteiger charge is 2.27. The lowest BCUT2D eigenvalue weighted by Crippen LogP contribution is -2.42. The van der Waals surface area contributed by atoms with E-state index in [1.807, 2.05) is 50.2 Å². The number of rotatable bonds is 7. The molecule has 0 spiro atoms. The fourth-order valence-corrected chi connectivity index (χ4v) is 2.79. The number of hydrogen-bond donors (Lipinski definition) is 3. The summed E-state index contributed by atoms with van der Waals surface area (Å²) in [6.45, 7) is 6.30. The van der Waals surface area contributed by atoms with Crippen LogP contribution in [0.4, 0.5) is 10.2 Å². The number of nitrogens with zero attached hydrogens (tertiary/aromatic N) is 3. The fraction of sp³-hybridized carbons (Fsp3) is 0.381. The predicted molar refractivity (Wildman–Crippen MR) is 111 cm³/mol. The van der Waals surface area contributed by atoms with Crippen LogP contribution in [0.3, 0.4) is 0 Å². The molecule has 0 saturated carbocycles. The molecule has 1 aromatic carbocycles. The molecular formula is C21H26FN5O2. The van der Waals surface area contributed by atoms with Crippen LogP contribution in [0.5, 0.6) is 0 Å². The molecule has 3 aromatic rings. The van der Waals surface area contributed by atoms with Gasteiger partial charge in [0, 0.05) is 23.9 Å². The van der Waals surface area contributed by atoms with Crippen molar-refractivity contribution in [1.82, 2.24) is 19.9 Å². The van der Waals surface area contributed by atoms with Crippen LogP contribution < -0.4 is 10.6 Å². The maximum atomic E-state index is 14.0. The zero-order valence-electron chi connectivity index (χ0n) is 17.0. The molecule has 154 valence electrons. The fourth-order valence-electron chi connectivity index (χ4n) is 2.79. The number of nitrogens with one attached hydrogen (secondary N) is 2. The van der Waals surface area contributed by atoms with Gasteiger partial charge in [0.2, 0.25) is 0 Å². The Morgan fingerprint density at radius 1 is 1.28 bits per heavy atom. The highest BCUT2D eigenvalue weighted by atomic mass is 19.1. The van der Waals surface area contributed by atoms with Gasteiger partial charge in [0.25, 0.3) is 5.91 Å². The maximum Gasteiger partial charge on any atom is 0.256 e. The van der Waals surface area contributed by atoms with Gasteiger partial charge < -0.3 is 15.7 Å². The molecule has 1 amide bonds. The number of fused-ring (bicyclic) bond motifs is 1. The monoisotopic (exact) mass is 399 g/mol. The van der Waals surface area contributed by atoms with Crippen molar-refractivity contribution in [2.75, 3.05) is 11.9 Å². The summed E-state index contributed by atoms with van der Waals surface area (Å²) in [5.41, 5.74) is 0.958. The van der Waals surface area contributed by atoms with Crippen LogP contribution in [0.1, 0.15) is 38.1 Å². The molecule has 0 radical (unpaired) electrons. The molecule has 2 aromatic heterocycles. The second kappa shape index (κ2) is 8.16. The molecule has 7 nitrogen and oxygen atoms in total. The zero-order valence-corrected chi connectivity index (χ0v) is 17.0.